The number of ether oxygens (including phenoxy) is 1. The highest BCUT2D eigenvalue weighted by Gasteiger charge is 2.59. The van der Waals surface area contributed by atoms with Crippen LogP contribution in [0.2, 0.25) is 5.02 Å². The molecule has 4 aliphatic carbocycles. The zero-order valence-corrected chi connectivity index (χ0v) is 20.3. The molecule has 4 aliphatic rings. The van der Waals surface area contributed by atoms with Crippen molar-refractivity contribution in [1.29, 1.82) is 0 Å². The average Bonchev–Trinajstić information content (AvgIpc) is 2.76. The fourth-order valence-electron chi connectivity index (χ4n) is 8.10. The Balaban J connectivity index is 1.41. The molecule has 0 bridgehead atoms. The Morgan fingerprint density at radius 3 is 2.66 bits per heavy atom. The van der Waals surface area contributed by atoms with Gasteiger partial charge in [-0.05, 0) is 98.3 Å². The number of hydrogen-bond donors (Lipinski definition) is 0. The van der Waals surface area contributed by atoms with Crippen molar-refractivity contribution in [3.8, 4) is 0 Å². The van der Waals surface area contributed by atoms with Crippen LogP contribution in [0.25, 0.3) is 0 Å². The minimum Gasteiger partial charge on any atom is -0.458 e. The molecule has 4 heteroatoms. The summed E-state index contributed by atoms with van der Waals surface area (Å²) in [5, 5.41) is 0.561. The molecule has 0 aliphatic heterocycles. The van der Waals surface area contributed by atoms with Gasteiger partial charge >= 0.3 is 5.97 Å². The van der Waals surface area contributed by atoms with Crippen molar-refractivity contribution >= 4 is 23.4 Å². The predicted octanol–water partition coefficient (Wildman–Crippen LogP) is 7.03. The summed E-state index contributed by atoms with van der Waals surface area (Å²) in [7, 11) is 0. The van der Waals surface area contributed by atoms with E-state index in [0.717, 1.165) is 32.1 Å². The Hall–Kier alpha value is -1.61. The van der Waals surface area contributed by atoms with Crippen molar-refractivity contribution in [2.24, 2.45) is 34.5 Å². The molecule has 0 radical (unpaired) electrons. The van der Waals surface area contributed by atoms with Crippen molar-refractivity contribution in [1.82, 2.24) is 0 Å². The highest BCUT2D eigenvalue weighted by Crippen LogP contribution is 2.65. The van der Waals surface area contributed by atoms with Gasteiger partial charge in [-0.25, -0.2) is 4.79 Å². The van der Waals surface area contributed by atoms with E-state index in [4.69, 9.17) is 16.3 Å². The normalized spacial score (nSPS) is 41.1. The number of esters is 1. The standard InChI is InChI=1S/C28H35ClO3/c1-17-7-10-23-22-9-8-19-16-21(30)11-13-27(19,2)24(22)12-14-28(23,3)25(17)32-26(31)18-5-4-6-20(29)15-18/h4-6,15-17,22-25H,7-14H2,1-3H3/t17-,22+,23+,24+,25+,27+,28+/m1/s1. The lowest BCUT2D eigenvalue weighted by atomic mass is 9.43. The Bertz CT molecular complexity index is 967. The van der Waals surface area contributed by atoms with Gasteiger partial charge in [-0.15, -0.1) is 0 Å². The highest BCUT2D eigenvalue weighted by molar-refractivity contribution is 6.30. The quantitative estimate of drug-likeness (QED) is 0.450. The first kappa shape index (κ1) is 22.2. The van der Waals surface area contributed by atoms with Crippen LogP contribution in [0.3, 0.4) is 0 Å². The van der Waals surface area contributed by atoms with Gasteiger partial charge in [-0.2, -0.15) is 0 Å². The third-order valence-electron chi connectivity index (χ3n) is 9.79. The number of carbonyl (C=O) groups excluding carboxylic acids is 2. The molecule has 0 amide bonds. The molecule has 1 aromatic carbocycles. The fourth-order valence-corrected chi connectivity index (χ4v) is 8.29. The molecule has 172 valence electrons. The second-order valence-corrected chi connectivity index (χ2v) is 11.8. The van der Waals surface area contributed by atoms with Gasteiger partial charge < -0.3 is 4.74 Å². The first-order valence-corrected chi connectivity index (χ1v) is 12.8. The van der Waals surface area contributed by atoms with Gasteiger partial charge in [0.05, 0.1) is 5.56 Å². The van der Waals surface area contributed by atoms with Crippen molar-refractivity contribution in [2.75, 3.05) is 0 Å². The number of hydrogen-bond acceptors (Lipinski definition) is 3. The lowest BCUT2D eigenvalue weighted by Crippen LogP contribution is -2.58. The lowest BCUT2D eigenvalue weighted by molar-refractivity contribution is -0.152. The monoisotopic (exact) mass is 454 g/mol. The second kappa shape index (κ2) is 8.01. The number of allylic oxidation sites excluding steroid dienone is 2. The molecule has 32 heavy (non-hydrogen) atoms. The summed E-state index contributed by atoms with van der Waals surface area (Å²) < 4.78 is 6.29. The van der Waals surface area contributed by atoms with E-state index >= 15 is 0 Å². The van der Waals surface area contributed by atoms with Gasteiger partial charge in [0.1, 0.15) is 6.10 Å². The van der Waals surface area contributed by atoms with Crippen LogP contribution >= 0.6 is 11.6 Å². The van der Waals surface area contributed by atoms with Gasteiger partial charge in [-0.3, -0.25) is 4.79 Å². The Kier molecular flexibility index (Phi) is 5.55. The van der Waals surface area contributed by atoms with Crippen LogP contribution in [-0.2, 0) is 9.53 Å². The maximum Gasteiger partial charge on any atom is 0.338 e. The summed E-state index contributed by atoms with van der Waals surface area (Å²) in [5.41, 5.74) is 2.13. The number of ketones is 1. The minimum absolute atomic E-state index is 0.00906. The van der Waals surface area contributed by atoms with E-state index in [1.165, 1.54) is 18.4 Å². The first-order valence-electron chi connectivity index (χ1n) is 12.4. The summed E-state index contributed by atoms with van der Waals surface area (Å²) in [6.45, 7) is 7.06. The third-order valence-corrected chi connectivity index (χ3v) is 10.0. The topological polar surface area (TPSA) is 43.4 Å². The number of fused-ring (bicyclic) bond motifs is 5. The fraction of sp³-hybridized carbons (Fsp3) is 0.643. The Morgan fingerprint density at radius 2 is 1.88 bits per heavy atom. The number of halogens is 1. The molecule has 0 unspecified atom stereocenters. The van der Waals surface area contributed by atoms with Crippen molar-refractivity contribution in [2.45, 2.75) is 78.2 Å². The van der Waals surface area contributed by atoms with Crippen LogP contribution in [0.5, 0.6) is 0 Å². The van der Waals surface area contributed by atoms with Gasteiger partial charge in [-0.1, -0.05) is 44.0 Å². The predicted molar refractivity (Wildman–Crippen MR) is 127 cm³/mol. The van der Waals surface area contributed by atoms with Crippen LogP contribution in [0.4, 0.5) is 0 Å². The van der Waals surface area contributed by atoms with Crippen LogP contribution in [0.1, 0.15) is 82.5 Å². The van der Waals surface area contributed by atoms with E-state index in [-0.39, 0.29) is 22.9 Å². The molecule has 0 heterocycles. The van der Waals surface area contributed by atoms with Crippen molar-refractivity contribution < 1.29 is 14.3 Å². The largest absolute Gasteiger partial charge is 0.458 e. The Morgan fingerprint density at radius 1 is 1.06 bits per heavy atom. The number of carbonyl (C=O) groups is 2. The molecule has 3 fully saturated rings. The molecule has 5 rings (SSSR count). The summed E-state index contributed by atoms with van der Waals surface area (Å²) in [6.07, 6.45) is 10.4. The molecule has 3 nitrogen and oxygen atoms in total. The maximum atomic E-state index is 13.1. The van der Waals surface area contributed by atoms with Gasteiger partial charge in [0.25, 0.3) is 0 Å². The SMILES string of the molecule is C[C@@H]1CC[C@H]2[C@@H]3CCC4=CC(=O)CC[C@]4(C)[C@H]3CC[C@]2(C)[C@H]1OC(=O)c1cccc(Cl)c1. The molecular formula is C28H35ClO3. The molecule has 7 atom stereocenters. The maximum absolute atomic E-state index is 13.1. The lowest BCUT2D eigenvalue weighted by Gasteiger charge is -2.62. The van der Waals surface area contributed by atoms with Crippen LogP contribution in [0, 0.1) is 34.5 Å². The van der Waals surface area contributed by atoms with Crippen LogP contribution in [0.15, 0.2) is 35.9 Å². The Labute approximate surface area is 196 Å². The zero-order chi connectivity index (χ0) is 22.7. The van der Waals surface area contributed by atoms with Crippen molar-refractivity contribution in [3.05, 3.63) is 46.5 Å². The molecule has 3 saturated carbocycles. The van der Waals surface area contributed by atoms with Gasteiger partial charge in [0, 0.05) is 16.9 Å². The third kappa shape index (κ3) is 3.47. The van der Waals surface area contributed by atoms with E-state index < -0.39 is 0 Å². The summed E-state index contributed by atoms with van der Waals surface area (Å²) >= 11 is 6.12. The molecule has 0 saturated heterocycles. The van der Waals surface area contributed by atoms with E-state index in [2.05, 4.69) is 20.8 Å². The minimum atomic E-state index is -0.250. The average molecular weight is 455 g/mol. The number of rotatable bonds is 2. The van der Waals surface area contributed by atoms with E-state index in [1.807, 2.05) is 12.1 Å². The summed E-state index contributed by atoms with van der Waals surface area (Å²) in [4.78, 5) is 25.1. The van der Waals surface area contributed by atoms with Gasteiger partial charge in [0.15, 0.2) is 5.78 Å². The number of benzene rings is 1. The summed E-state index contributed by atoms with van der Waals surface area (Å²) in [5.74, 6) is 2.30. The molecular weight excluding hydrogens is 420 g/mol. The smallest absolute Gasteiger partial charge is 0.338 e. The molecule has 0 aromatic heterocycles. The van der Waals surface area contributed by atoms with E-state index in [0.29, 0.717) is 46.5 Å². The summed E-state index contributed by atoms with van der Waals surface area (Å²) in [6, 6.07) is 7.08. The second-order valence-electron chi connectivity index (χ2n) is 11.4. The van der Waals surface area contributed by atoms with Crippen LogP contribution < -0.4 is 0 Å². The molecule has 0 spiro atoms. The van der Waals surface area contributed by atoms with Crippen LogP contribution in [-0.4, -0.2) is 17.9 Å². The highest BCUT2D eigenvalue weighted by atomic mass is 35.5. The molecule has 1 aromatic rings. The van der Waals surface area contributed by atoms with Crippen molar-refractivity contribution in [3.63, 3.8) is 0 Å². The van der Waals surface area contributed by atoms with Gasteiger partial charge in [0.2, 0.25) is 0 Å². The van der Waals surface area contributed by atoms with E-state index in [1.54, 1.807) is 18.2 Å². The first-order chi connectivity index (χ1) is 15.2. The molecule has 0 N–H and O–H groups in total. The van der Waals surface area contributed by atoms with E-state index in [9.17, 15) is 9.59 Å². The zero-order valence-electron chi connectivity index (χ0n) is 19.5.